The highest BCUT2D eigenvalue weighted by Gasteiger charge is 2.30. The van der Waals surface area contributed by atoms with Gasteiger partial charge < -0.3 is 5.32 Å². The number of likely N-dealkylation sites (N-methyl/N-ethyl adjacent to an activating group) is 1. The molecule has 1 atom stereocenters. The highest BCUT2D eigenvalue weighted by atomic mass is 16.2. The summed E-state index contributed by atoms with van der Waals surface area (Å²) in [5.74, 6) is -0.105. The van der Waals surface area contributed by atoms with Crippen molar-refractivity contribution in [3.05, 3.63) is 35.4 Å². The normalized spacial score (nSPS) is 16.8. The summed E-state index contributed by atoms with van der Waals surface area (Å²) < 4.78 is 0. The van der Waals surface area contributed by atoms with Crippen molar-refractivity contribution in [3.8, 4) is 0 Å². The van der Waals surface area contributed by atoms with Crippen molar-refractivity contribution in [3.63, 3.8) is 0 Å². The van der Waals surface area contributed by atoms with E-state index in [0.29, 0.717) is 19.4 Å². The molecule has 0 saturated carbocycles. The maximum Gasteiger partial charge on any atom is 0.229 e. The minimum atomic E-state index is -0.0527. The van der Waals surface area contributed by atoms with Gasteiger partial charge in [-0.2, -0.15) is 0 Å². The lowest BCUT2D eigenvalue weighted by Crippen LogP contribution is -2.38. The summed E-state index contributed by atoms with van der Waals surface area (Å²) in [5.41, 5.74) is 2.41. The molecule has 0 aliphatic carbocycles. The number of nitrogens with one attached hydrogen (secondary N) is 1. The van der Waals surface area contributed by atoms with Crippen molar-refractivity contribution < 1.29 is 9.59 Å². The number of nitrogens with zero attached hydrogens (tertiary/aromatic N) is 1. The van der Waals surface area contributed by atoms with Gasteiger partial charge in [-0.15, -0.1) is 0 Å². The number of amides is 2. The Balaban J connectivity index is 2.13. The molecular weight excluding hydrogens is 252 g/mol. The van der Waals surface area contributed by atoms with E-state index in [1.165, 1.54) is 10.5 Å². The van der Waals surface area contributed by atoms with Crippen molar-refractivity contribution in [1.82, 2.24) is 10.2 Å². The minimum Gasteiger partial charge on any atom is -0.309 e. The molecule has 1 unspecified atom stereocenters. The first kappa shape index (κ1) is 14.7. The van der Waals surface area contributed by atoms with Crippen LogP contribution in [0.4, 0.5) is 0 Å². The SMILES string of the molecule is CCNC(CN1C(=O)CCC1=O)c1ccc(CC)cc1. The average molecular weight is 274 g/mol. The van der Waals surface area contributed by atoms with Crippen LogP contribution in [-0.2, 0) is 16.0 Å². The van der Waals surface area contributed by atoms with Crippen LogP contribution < -0.4 is 5.32 Å². The molecule has 2 amide bonds. The molecule has 0 radical (unpaired) electrons. The van der Waals surface area contributed by atoms with Crippen molar-refractivity contribution in [1.29, 1.82) is 0 Å². The van der Waals surface area contributed by atoms with E-state index in [1.54, 1.807) is 0 Å². The topological polar surface area (TPSA) is 49.4 Å². The molecule has 1 aromatic carbocycles. The van der Waals surface area contributed by atoms with Gasteiger partial charge in [0.05, 0.1) is 6.04 Å². The fourth-order valence-corrected chi connectivity index (χ4v) is 2.53. The third-order valence-electron chi connectivity index (χ3n) is 3.76. The summed E-state index contributed by atoms with van der Waals surface area (Å²) in [6.07, 6.45) is 1.72. The van der Waals surface area contributed by atoms with Gasteiger partial charge in [0.25, 0.3) is 0 Å². The fourth-order valence-electron chi connectivity index (χ4n) is 2.53. The number of benzene rings is 1. The highest BCUT2D eigenvalue weighted by Crippen LogP contribution is 2.20. The summed E-state index contributed by atoms with van der Waals surface area (Å²) in [7, 11) is 0. The lowest BCUT2D eigenvalue weighted by Gasteiger charge is -2.24. The van der Waals surface area contributed by atoms with E-state index in [4.69, 9.17) is 0 Å². The predicted molar refractivity (Wildman–Crippen MR) is 78.2 cm³/mol. The number of hydrogen-bond donors (Lipinski definition) is 1. The largest absolute Gasteiger partial charge is 0.309 e. The van der Waals surface area contributed by atoms with Gasteiger partial charge in [-0.1, -0.05) is 38.1 Å². The Morgan fingerprint density at radius 2 is 1.70 bits per heavy atom. The van der Waals surface area contributed by atoms with Crippen LogP contribution >= 0.6 is 0 Å². The van der Waals surface area contributed by atoms with E-state index in [1.807, 2.05) is 6.92 Å². The quantitative estimate of drug-likeness (QED) is 0.808. The van der Waals surface area contributed by atoms with Crippen LogP contribution in [0.1, 0.15) is 43.9 Å². The third-order valence-corrected chi connectivity index (χ3v) is 3.76. The Bertz CT molecular complexity index is 466. The lowest BCUT2D eigenvalue weighted by atomic mass is 10.0. The van der Waals surface area contributed by atoms with E-state index in [0.717, 1.165) is 18.5 Å². The van der Waals surface area contributed by atoms with Gasteiger partial charge in [-0.3, -0.25) is 14.5 Å². The summed E-state index contributed by atoms with van der Waals surface area (Å²) in [4.78, 5) is 24.9. The number of carbonyl (C=O) groups is 2. The molecule has 0 aromatic heterocycles. The number of rotatable bonds is 6. The molecule has 1 aromatic rings. The van der Waals surface area contributed by atoms with Crippen molar-refractivity contribution >= 4 is 11.8 Å². The molecule has 0 bridgehead atoms. The first-order chi connectivity index (χ1) is 9.65. The predicted octanol–water partition coefficient (Wildman–Crippen LogP) is 2.05. The van der Waals surface area contributed by atoms with Crippen LogP contribution in [0.15, 0.2) is 24.3 Å². The molecule has 1 N–H and O–H groups in total. The van der Waals surface area contributed by atoms with Crippen LogP contribution in [0.25, 0.3) is 0 Å². The van der Waals surface area contributed by atoms with Crippen LogP contribution in [-0.4, -0.2) is 29.8 Å². The zero-order valence-electron chi connectivity index (χ0n) is 12.2. The number of carbonyl (C=O) groups excluding carboxylic acids is 2. The van der Waals surface area contributed by atoms with Crippen LogP contribution in [0, 0.1) is 0 Å². The van der Waals surface area contributed by atoms with Crippen molar-refractivity contribution in [2.45, 2.75) is 39.2 Å². The first-order valence-electron chi connectivity index (χ1n) is 7.31. The maximum atomic E-state index is 11.7. The van der Waals surface area contributed by atoms with Crippen LogP contribution in [0.2, 0.25) is 0 Å². The summed E-state index contributed by atoms with van der Waals surface area (Å²) in [5, 5.41) is 3.36. The third kappa shape index (κ3) is 3.25. The molecule has 2 rings (SSSR count). The molecular formula is C16H22N2O2. The molecule has 4 heteroatoms. The van der Waals surface area contributed by atoms with E-state index < -0.39 is 0 Å². The Kier molecular flexibility index (Phi) is 4.90. The Morgan fingerprint density at radius 3 is 2.20 bits per heavy atom. The molecule has 1 aliphatic heterocycles. The fraction of sp³-hybridized carbons (Fsp3) is 0.500. The van der Waals surface area contributed by atoms with Crippen LogP contribution in [0.5, 0.6) is 0 Å². The molecule has 1 heterocycles. The zero-order chi connectivity index (χ0) is 14.5. The van der Waals surface area contributed by atoms with E-state index >= 15 is 0 Å². The van der Waals surface area contributed by atoms with Gasteiger partial charge in [-0.05, 0) is 24.1 Å². The molecule has 4 nitrogen and oxygen atoms in total. The molecule has 1 saturated heterocycles. The number of imide groups is 1. The van der Waals surface area contributed by atoms with Gasteiger partial charge >= 0.3 is 0 Å². The van der Waals surface area contributed by atoms with Crippen LogP contribution in [0.3, 0.4) is 0 Å². The molecule has 20 heavy (non-hydrogen) atoms. The summed E-state index contributed by atoms with van der Waals surface area (Å²) >= 11 is 0. The second kappa shape index (κ2) is 6.66. The van der Waals surface area contributed by atoms with Gasteiger partial charge in [-0.25, -0.2) is 0 Å². The summed E-state index contributed by atoms with van der Waals surface area (Å²) in [6.45, 7) is 5.38. The molecule has 1 fully saturated rings. The monoisotopic (exact) mass is 274 g/mol. The first-order valence-corrected chi connectivity index (χ1v) is 7.31. The molecule has 108 valence electrons. The average Bonchev–Trinajstić information content (AvgIpc) is 2.78. The Morgan fingerprint density at radius 1 is 1.10 bits per heavy atom. The molecule has 1 aliphatic rings. The van der Waals surface area contributed by atoms with Crippen molar-refractivity contribution in [2.75, 3.05) is 13.1 Å². The second-order valence-corrected chi connectivity index (χ2v) is 5.10. The van der Waals surface area contributed by atoms with Gasteiger partial charge in [0.1, 0.15) is 0 Å². The zero-order valence-corrected chi connectivity index (χ0v) is 12.2. The number of aryl methyl sites for hydroxylation is 1. The van der Waals surface area contributed by atoms with Gasteiger partial charge in [0.15, 0.2) is 0 Å². The summed E-state index contributed by atoms with van der Waals surface area (Å²) in [6, 6.07) is 8.38. The second-order valence-electron chi connectivity index (χ2n) is 5.10. The highest BCUT2D eigenvalue weighted by molar-refractivity contribution is 6.01. The maximum absolute atomic E-state index is 11.7. The van der Waals surface area contributed by atoms with Gasteiger partial charge in [0, 0.05) is 19.4 Å². The van der Waals surface area contributed by atoms with Crippen molar-refractivity contribution in [2.24, 2.45) is 0 Å². The van der Waals surface area contributed by atoms with E-state index in [9.17, 15) is 9.59 Å². The number of hydrogen-bond acceptors (Lipinski definition) is 3. The Hall–Kier alpha value is -1.68. The smallest absolute Gasteiger partial charge is 0.229 e. The van der Waals surface area contributed by atoms with E-state index in [-0.39, 0.29) is 17.9 Å². The minimum absolute atomic E-state index is 0.0110. The number of likely N-dealkylation sites (tertiary alicyclic amines) is 1. The Labute approximate surface area is 120 Å². The standard InChI is InChI=1S/C16H22N2O2/c1-3-12-5-7-13(8-6-12)14(17-4-2)11-18-15(19)9-10-16(18)20/h5-8,14,17H,3-4,9-11H2,1-2H3. The van der Waals surface area contributed by atoms with Gasteiger partial charge in [0.2, 0.25) is 11.8 Å². The van der Waals surface area contributed by atoms with E-state index in [2.05, 4.69) is 36.5 Å². The molecule has 0 spiro atoms. The lowest BCUT2D eigenvalue weighted by molar-refractivity contribution is -0.138.